The predicted octanol–water partition coefficient (Wildman–Crippen LogP) is 3.92. The zero-order chi connectivity index (χ0) is 12.4. The number of nitrogens with one attached hydrogen (secondary N) is 1. The second kappa shape index (κ2) is 5.05. The van der Waals surface area contributed by atoms with Gasteiger partial charge in [-0.15, -0.1) is 0 Å². The largest absolute Gasteiger partial charge is 0.454 e. The van der Waals surface area contributed by atoms with Crippen molar-refractivity contribution in [3.05, 3.63) is 17.2 Å². The summed E-state index contributed by atoms with van der Waals surface area (Å²) in [5.41, 5.74) is 0.907. The summed E-state index contributed by atoms with van der Waals surface area (Å²) >= 11 is 6.19. The molecule has 1 aromatic carbocycles. The summed E-state index contributed by atoms with van der Waals surface area (Å²) in [4.78, 5) is 0. The van der Waals surface area contributed by atoms with Crippen molar-refractivity contribution >= 4 is 17.3 Å². The highest BCUT2D eigenvalue weighted by Crippen LogP contribution is 2.39. The second-order valence-electron chi connectivity index (χ2n) is 4.86. The molecule has 0 aromatic heterocycles. The zero-order valence-electron chi connectivity index (χ0n) is 10.4. The highest BCUT2D eigenvalue weighted by molar-refractivity contribution is 6.33. The van der Waals surface area contributed by atoms with Gasteiger partial charge >= 0.3 is 0 Å². The van der Waals surface area contributed by atoms with Gasteiger partial charge in [0.25, 0.3) is 0 Å². The molecule has 4 heteroatoms. The number of halogens is 1. The van der Waals surface area contributed by atoms with E-state index >= 15 is 0 Å². The smallest absolute Gasteiger partial charge is 0.231 e. The summed E-state index contributed by atoms with van der Waals surface area (Å²) in [6.07, 6.45) is 1.10. The maximum Gasteiger partial charge on any atom is 0.231 e. The second-order valence-corrected chi connectivity index (χ2v) is 5.27. The number of fused-ring (bicyclic) bond motifs is 1. The molecule has 17 heavy (non-hydrogen) atoms. The first kappa shape index (κ1) is 12.4. The molecule has 0 bridgehead atoms. The van der Waals surface area contributed by atoms with Crippen LogP contribution in [-0.4, -0.2) is 12.8 Å². The van der Waals surface area contributed by atoms with Gasteiger partial charge in [0.2, 0.25) is 6.79 Å². The number of anilines is 1. The molecule has 1 aromatic rings. The number of hydrogen-bond donors (Lipinski definition) is 1. The molecule has 0 amide bonds. The third-order valence-electron chi connectivity index (χ3n) is 2.69. The lowest BCUT2D eigenvalue weighted by atomic mass is 10.1. The van der Waals surface area contributed by atoms with Crippen LogP contribution in [0.5, 0.6) is 11.5 Å². The lowest BCUT2D eigenvalue weighted by molar-refractivity contribution is 0.174. The van der Waals surface area contributed by atoms with E-state index in [9.17, 15) is 0 Å². The Bertz CT molecular complexity index is 407. The van der Waals surface area contributed by atoms with E-state index in [1.54, 1.807) is 6.07 Å². The van der Waals surface area contributed by atoms with Gasteiger partial charge in [0.1, 0.15) is 0 Å². The minimum Gasteiger partial charge on any atom is -0.454 e. The van der Waals surface area contributed by atoms with Gasteiger partial charge in [-0.3, -0.25) is 0 Å². The number of hydrogen-bond acceptors (Lipinski definition) is 3. The van der Waals surface area contributed by atoms with Crippen LogP contribution in [0.2, 0.25) is 5.02 Å². The molecule has 1 unspecified atom stereocenters. The van der Waals surface area contributed by atoms with Crippen LogP contribution in [0.15, 0.2) is 12.1 Å². The summed E-state index contributed by atoms with van der Waals surface area (Å²) in [5.74, 6) is 2.14. The van der Waals surface area contributed by atoms with Crippen LogP contribution in [0.3, 0.4) is 0 Å². The molecule has 1 aliphatic rings. The average molecular weight is 256 g/mol. The highest BCUT2D eigenvalue weighted by Gasteiger charge is 2.17. The van der Waals surface area contributed by atoms with Crippen molar-refractivity contribution in [2.24, 2.45) is 5.92 Å². The van der Waals surface area contributed by atoms with E-state index in [4.69, 9.17) is 21.1 Å². The predicted molar refractivity (Wildman–Crippen MR) is 70.1 cm³/mol. The fourth-order valence-electron chi connectivity index (χ4n) is 2.06. The molecule has 0 spiro atoms. The summed E-state index contributed by atoms with van der Waals surface area (Å²) in [6.45, 7) is 6.84. The van der Waals surface area contributed by atoms with E-state index in [0.717, 1.165) is 23.6 Å². The third-order valence-corrected chi connectivity index (χ3v) is 3.00. The fourth-order valence-corrected chi connectivity index (χ4v) is 2.27. The highest BCUT2D eigenvalue weighted by atomic mass is 35.5. The number of ether oxygens (including phenoxy) is 2. The fraction of sp³-hybridized carbons (Fsp3) is 0.538. The summed E-state index contributed by atoms with van der Waals surface area (Å²) < 4.78 is 10.6. The molecule has 1 aliphatic heterocycles. The summed E-state index contributed by atoms with van der Waals surface area (Å²) in [5, 5.41) is 4.07. The van der Waals surface area contributed by atoms with Crippen molar-refractivity contribution in [1.82, 2.24) is 0 Å². The maximum absolute atomic E-state index is 6.19. The first-order valence-electron chi connectivity index (χ1n) is 5.92. The molecule has 0 saturated heterocycles. The minimum atomic E-state index is 0.274. The van der Waals surface area contributed by atoms with Crippen LogP contribution in [0.25, 0.3) is 0 Å². The van der Waals surface area contributed by atoms with Crippen LogP contribution < -0.4 is 14.8 Å². The maximum atomic E-state index is 6.19. The molecule has 1 atom stereocenters. The molecule has 0 aliphatic carbocycles. The van der Waals surface area contributed by atoms with Crippen LogP contribution in [0, 0.1) is 5.92 Å². The van der Waals surface area contributed by atoms with Crippen molar-refractivity contribution in [3.63, 3.8) is 0 Å². The van der Waals surface area contributed by atoms with Crippen molar-refractivity contribution in [3.8, 4) is 11.5 Å². The third kappa shape index (κ3) is 2.97. The van der Waals surface area contributed by atoms with Gasteiger partial charge in [0.15, 0.2) is 11.5 Å². The van der Waals surface area contributed by atoms with Crippen LogP contribution in [0.1, 0.15) is 27.2 Å². The summed E-state index contributed by atoms with van der Waals surface area (Å²) in [7, 11) is 0. The molecular formula is C13H18ClNO2. The van der Waals surface area contributed by atoms with E-state index in [2.05, 4.69) is 26.1 Å². The Hall–Kier alpha value is -1.09. The normalized spacial score (nSPS) is 15.1. The van der Waals surface area contributed by atoms with Crippen molar-refractivity contribution in [2.45, 2.75) is 33.2 Å². The van der Waals surface area contributed by atoms with Gasteiger partial charge in [0, 0.05) is 18.2 Å². The first-order chi connectivity index (χ1) is 8.06. The zero-order valence-corrected chi connectivity index (χ0v) is 11.2. The quantitative estimate of drug-likeness (QED) is 0.885. The van der Waals surface area contributed by atoms with E-state index in [1.807, 2.05) is 6.07 Å². The minimum absolute atomic E-state index is 0.274. The Morgan fingerprint density at radius 3 is 2.53 bits per heavy atom. The lowest BCUT2D eigenvalue weighted by Crippen LogP contribution is -2.17. The Morgan fingerprint density at radius 2 is 1.88 bits per heavy atom. The molecule has 0 saturated carbocycles. The average Bonchev–Trinajstić information content (AvgIpc) is 2.63. The van der Waals surface area contributed by atoms with E-state index in [0.29, 0.717) is 17.0 Å². The molecule has 1 N–H and O–H groups in total. The van der Waals surface area contributed by atoms with Gasteiger partial charge in [-0.05, 0) is 19.3 Å². The Labute approximate surface area is 107 Å². The van der Waals surface area contributed by atoms with Crippen molar-refractivity contribution in [1.29, 1.82) is 0 Å². The van der Waals surface area contributed by atoms with Gasteiger partial charge < -0.3 is 14.8 Å². The molecule has 2 rings (SSSR count). The monoisotopic (exact) mass is 255 g/mol. The molecule has 0 fully saturated rings. The topological polar surface area (TPSA) is 30.5 Å². The molecule has 0 radical (unpaired) electrons. The molecular weight excluding hydrogens is 238 g/mol. The number of benzene rings is 1. The standard InChI is InChI=1S/C13H18ClNO2/c1-8(2)4-9(3)15-11-6-13-12(5-10(11)14)16-7-17-13/h5-6,8-9,15H,4,7H2,1-3H3. The van der Waals surface area contributed by atoms with Crippen LogP contribution >= 0.6 is 11.6 Å². The van der Waals surface area contributed by atoms with E-state index < -0.39 is 0 Å². The van der Waals surface area contributed by atoms with Gasteiger partial charge in [-0.25, -0.2) is 0 Å². The SMILES string of the molecule is CC(C)CC(C)Nc1cc2c(cc1Cl)OCO2. The van der Waals surface area contributed by atoms with Gasteiger partial charge in [-0.2, -0.15) is 0 Å². The van der Waals surface area contributed by atoms with Gasteiger partial charge in [-0.1, -0.05) is 25.4 Å². The molecule has 3 nitrogen and oxygen atoms in total. The summed E-state index contributed by atoms with van der Waals surface area (Å²) in [6, 6.07) is 4.09. The lowest BCUT2D eigenvalue weighted by Gasteiger charge is -2.18. The van der Waals surface area contributed by atoms with Crippen molar-refractivity contribution < 1.29 is 9.47 Å². The van der Waals surface area contributed by atoms with Crippen LogP contribution in [0.4, 0.5) is 5.69 Å². The van der Waals surface area contributed by atoms with E-state index in [-0.39, 0.29) is 6.79 Å². The van der Waals surface area contributed by atoms with E-state index in [1.165, 1.54) is 0 Å². The van der Waals surface area contributed by atoms with Crippen LogP contribution in [-0.2, 0) is 0 Å². The molecule has 1 heterocycles. The Kier molecular flexibility index (Phi) is 3.67. The first-order valence-corrected chi connectivity index (χ1v) is 6.29. The van der Waals surface area contributed by atoms with Gasteiger partial charge in [0.05, 0.1) is 10.7 Å². The molecule has 94 valence electrons. The number of rotatable bonds is 4. The Morgan fingerprint density at radius 1 is 1.24 bits per heavy atom. The Balaban J connectivity index is 2.11. The van der Waals surface area contributed by atoms with Crippen molar-refractivity contribution in [2.75, 3.05) is 12.1 Å².